The third kappa shape index (κ3) is 10.6. The number of aromatic nitrogens is 3. The molecule has 0 aromatic carbocycles. The molecule has 0 amide bonds. The fourth-order valence-electron chi connectivity index (χ4n) is 8.83. The van der Waals surface area contributed by atoms with Crippen molar-refractivity contribution in [2.45, 2.75) is 103 Å². The van der Waals surface area contributed by atoms with E-state index in [1.54, 1.807) is 6.92 Å². The van der Waals surface area contributed by atoms with Crippen molar-refractivity contribution >= 4 is 59.5 Å². The Morgan fingerprint density at radius 3 is 1.34 bits per heavy atom. The van der Waals surface area contributed by atoms with Gasteiger partial charge in [0.05, 0.1) is 25.7 Å². The molecule has 2 aliphatic heterocycles. The van der Waals surface area contributed by atoms with Gasteiger partial charge in [-0.2, -0.15) is 0 Å². The smallest absolute Gasteiger partial charge is 0.307 e. The van der Waals surface area contributed by atoms with E-state index in [1.165, 1.54) is 6.08 Å². The Balaban J connectivity index is 1.92. The lowest BCUT2D eigenvalue weighted by molar-refractivity contribution is -0.140. The summed E-state index contributed by atoms with van der Waals surface area (Å²) in [5.74, 6) is -10.8. The molecular formula is C41H46N4O16. The minimum Gasteiger partial charge on any atom is -0.481 e. The lowest BCUT2D eigenvalue weighted by atomic mass is 9.69. The molecule has 326 valence electrons. The lowest BCUT2D eigenvalue weighted by Gasteiger charge is -2.31. The van der Waals surface area contributed by atoms with Gasteiger partial charge in [0, 0.05) is 102 Å². The molecule has 0 saturated carbocycles. The van der Waals surface area contributed by atoms with Gasteiger partial charge in [0.2, 0.25) is 0 Å². The normalized spacial score (nSPS) is 17.9. The Bertz CT molecular complexity index is 2380. The van der Waals surface area contributed by atoms with E-state index in [0.717, 1.165) is 0 Å². The number of rotatable bonds is 20. The van der Waals surface area contributed by atoms with Crippen LogP contribution >= 0.6 is 0 Å². The second-order valence-corrected chi connectivity index (χ2v) is 15.6. The molecule has 3 aromatic rings. The maximum absolute atomic E-state index is 12.6. The standard InChI is InChI=1S/C41H46N4O16/c1-41(17-40(60)61)24(5-9-36(52)53)31-15-29-22(11-38(56)57)19(3-7-34(48)49)27(43-29)14-28-21(10-37(54)55)18(2-6-33(46)47)25(42-28)13-26-20(4-8-35(50)51)23(12-39(58)59)30(44-26)16-32(41)45-31/h16,24,42-44H,2-15,17H2,1H3,(H,46,47)(H,48,49)(H,50,51)(H,52,53)(H,54,55)(H,56,57)(H,58,59)(H,60,61)/b32-16-. The number of aliphatic imine (C=N–C) groups is 1. The number of nitrogens with zero attached hydrogens (tertiary/aromatic N) is 1. The molecule has 11 N–H and O–H groups in total. The van der Waals surface area contributed by atoms with E-state index in [-0.39, 0.29) is 95.7 Å². The number of aromatic amines is 3. The van der Waals surface area contributed by atoms with Crippen LogP contribution in [0.1, 0.15) is 113 Å². The van der Waals surface area contributed by atoms with E-state index < -0.39 is 110 Å². The quantitative estimate of drug-likeness (QED) is 0.0778. The Labute approximate surface area is 346 Å². The van der Waals surface area contributed by atoms with Gasteiger partial charge in [0.1, 0.15) is 0 Å². The predicted octanol–water partition coefficient (Wildman–Crippen LogP) is 3.10. The van der Waals surface area contributed by atoms with Crippen molar-refractivity contribution < 1.29 is 79.2 Å². The number of carboxylic acids is 8. The molecule has 5 heterocycles. The van der Waals surface area contributed by atoms with Crippen molar-refractivity contribution in [1.82, 2.24) is 15.0 Å². The van der Waals surface area contributed by atoms with E-state index in [0.29, 0.717) is 28.2 Å². The third-order valence-corrected chi connectivity index (χ3v) is 11.4. The van der Waals surface area contributed by atoms with E-state index in [9.17, 15) is 79.2 Å². The second kappa shape index (κ2) is 18.5. The molecule has 2 atom stereocenters. The highest BCUT2D eigenvalue weighted by atomic mass is 16.4. The lowest BCUT2D eigenvalue weighted by Crippen LogP contribution is -2.33. The van der Waals surface area contributed by atoms with Gasteiger partial charge in [-0.25, -0.2) is 0 Å². The molecule has 61 heavy (non-hydrogen) atoms. The zero-order chi connectivity index (χ0) is 44.9. The Morgan fingerprint density at radius 2 is 0.918 bits per heavy atom. The Hall–Kier alpha value is -6.99. The molecule has 0 spiro atoms. The largest absolute Gasteiger partial charge is 0.481 e. The number of allylic oxidation sites excluding steroid dienone is 1. The van der Waals surface area contributed by atoms with Crippen LogP contribution in [-0.2, 0) is 96.1 Å². The molecule has 0 aliphatic carbocycles. The maximum atomic E-state index is 12.6. The number of carbonyl (C=O) groups is 8. The van der Waals surface area contributed by atoms with Gasteiger partial charge in [0.25, 0.3) is 0 Å². The summed E-state index contributed by atoms with van der Waals surface area (Å²) in [5, 5.41) is 79.4. The van der Waals surface area contributed by atoms with Crippen LogP contribution in [0.4, 0.5) is 0 Å². The first-order valence-corrected chi connectivity index (χ1v) is 19.4. The van der Waals surface area contributed by atoms with Gasteiger partial charge in [0.15, 0.2) is 0 Å². The van der Waals surface area contributed by atoms with E-state index in [1.807, 2.05) is 0 Å². The molecule has 3 aromatic heterocycles. The van der Waals surface area contributed by atoms with Crippen LogP contribution in [-0.4, -0.2) is 109 Å². The number of nitrogens with one attached hydrogen (secondary N) is 3. The van der Waals surface area contributed by atoms with E-state index in [4.69, 9.17) is 4.99 Å². The van der Waals surface area contributed by atoms with Crippen molar-refractivity contribution in [3.05, 3.63) is 73.2 Å². The van der Waals surface area contributed by atoms with Crippen LogP contribution in [0.5, 0.6) is 0 Å². The number of hydrogen-bond donors (Lipinski definition) is 11. The topological polar surface area (TPSA) is 358 Å². The molecule has 5 rings (SSSR count). The average Bonchev–Trinajstić information content (AvgIpc) is 3.79. The number of aliphatic carboxylic acids is 8. The van der Waals surface area contributed by atoms with Gasteiger partial charge in [-0.3, -0.25) is 43.3 Å². The molecule has 2 aliphatic rings. The first-order chi connectivity index (χ1) is 28.7. The zero-order valence-electron chi connectivity index (χ0n) is 33.1. The van der Waals surface area contributed by atoms with Crippen molar-refractivity contribution in [2.24, 2.45) is 16.3 Å². The minimum atomic E-state index is -1.43. The molecular weight excluding hydrogens is 804 g/mol. The maximum Gasteiger partial charge on any atom is 0.307 e. The van der Waals surface area contributed by atoms with E-state index in [2.05, 4.69) is 15.0 Å². The van der Waals surface area contributed by atoms with Crippen molar-refractivity contribution in [3.8, 4) is 0 Å². The van der Waals surface area contributed by atoms with Gasteiger partial charge in [-0.1, -0.05) is 6.92 Å². The van der Waals surface area contributed by atoms with Crippen LogP contribution in [0, 0.1) is 11.3 Å². The fourth-order valence-corrected chi connectivity index (χ4v) is 8.83. The zero-order valence-corrected chi connectivity index (χ0v) is 33.1. The average molecular weight is 851 g/mol. The molecule has 20 nitrogen and oxygen atoms in total. The summed E-state index contributed by atoms with van der Waals surface area (Å²) in [4.78, 5) is 112. The summed E-state index contributed by atoms with van der Waals surface area (Å²) >= 11 is 0. The van der Waals surface area contributed by atoms with Crippen LogP contribution in [0.25, 0.3) is 6.08 Å². The van der Waals surface area contributed by atoms with Crippen LogP contribution in [0.2, 0.25) is 0 Å². The highest BCUT2D eigenvalue weighted by Crippen LogP contribution is 2.50. The predicted molar refractivity (Wildman–Crippen MR) is 210 cm³/mol. The van der Waals surface area contributed by atoms with Gasteiger partial charge >= 0.3 is 47.8 Å². The molecule has 2 unspecified atom stereocenters. The summed E-state index contributed by atoms with van der Waals surface area (Å²) < 4.78 is 0. The molecule has 0 fully saturated rings. The van der Waals surface area contributed by atoms with E-state index >= 15 is 0 Å². The third-order valence-electron chi connectivity index (χ3n) is 11.4. The summed E-state index contributed by atoms with van der Waals surface area (Å²) in [7, 11) is 0. The molecule has 8 bridgehead atoms. The number of hydrogen-bond acceptors (Lipinski definition) is 9. The highest BCUT2D eigenvalue weighted by Gasteiger charge is 2.47. The van der Waals surface area contributed by atoms with Gasteiger partial charge in [-0.15, -0.1) is 0 Å². The first kappa shape index (κ1) is 45.1. The SMILES string of the molecule is CC1(CC(=O)O)/C2=C/c3[nH]c(c(CCC(=O)O)c3CC(=O)O)Cc3[nH]c(c(CC(=O)O)c3CCC(=O)O)Cc3[nH]c(c(CC(=O)O)c3CCC(=O)O)CC(=N2)C1CCC(=O)O. The van der Waals surface area contributed by atoms with Crippen molar-refractivity contribution in [3.63, 3.8) is 0 Å². The Morgan fingerprint density at radius 1 is 0.525 bits per heavy atom. The summed E-state index contributed by atoms with van der Waals surface area (Å²) in [6.45, 7) is 1.58. The van der Waals surface area contributed by atoms with Crippen LogP contribution < -0.4 is 0 Å². The number of fused-ring (bicyclic) bond motifs is 7. The second-order valence-electron chi connectivity index (χ2n) is 15.6. The van der Waals surface area contributed by atoms with Gasteiger partial charge in [-0.05, 0) is 65.1 Å². The highest BCUT2D eigenvalue weighted by molar-refractivity contribution is 5.95. The molecule has 0 radical (unpaired) electrons. The monoisotopic (exact) mass is 850 g/mol. The van der Waals surface area contributed by atoms with Gasteiger partial charge < -0.3 is 55.8 Å². The molecule has 20 heteroatoms. The summed E-state index contributed by atoms with van der Waals surface area (Å²) in [6, 6.07) is 0. The number of carboxylic acid groups (broad SMARTS) is 8. The summed E-state index contributed by atoms with van der Waals surface area (Å²) in [6.07, 6.45) is -3.82. The first-order valence-electron chi connectivity index (χ1n) is 19.4. The Kier molecular flexibility index (Phi) is 13.7. The molecule has 0 saturated heterocycles. The van der Waals surface area contributed by atoms with Crippen LogP contribution in [0.15, 0.2) is 10.7 Å². The van der Waals surface area contributed by atoms with Crippen LogP contribution in [0.3, 0.4) is 0 Å². The van der Waals surface area contributed by atoms with Crippen molar-refractivity contribution in [2.75, 3.05) is 0 Å². The fraction of sp³-hybridized carbons (Fsp3) is 0.439. The minimum absolute atomic E-state index is 0.113. The number of H-pyrrole nitrogens is 3. The van der Waals surface area contributed by atoms with Crippen molar-refractivity contribution in [1.29, 1.82) is 0 Å². The summed E-state index contributed by atoms with van der Waals surface area (Å²) in [5.41, 5.74) is 1.97.